The van der Waals surface area contributed by atoms with Crippen molar-refractivity contribution in [2.45, 2.75) is 64.5 Å². The molecule has 0 saturated heterocycles. The molecule has 0 aliphatic heterocycles. The van der Waals surface area contributed by atoms with Crippen molar-refractivity contribution in [3.63, 3.8) is 0 Å². The Morgan fingerprint density at radius 2 is 1.68 bits per heavy atom. The maximum atomic E-state index is 11.3. The summed E-state index contributed by atoms with van der Waals surface area (Å²) >= 11 is 0. The van der Waals surface area contributed by atoms with Crippen LogP contribution < -0.4 is 34.7 Å². The van der Waals surface area contributed by atoms with Crippen molar-refractivity contribution in [3.05, 3.63) is 0 Å². The number of carboxylic acid groups (broad SMARTS) is 1. The molecule has 0 aromatic rings. The van der Waals surface area contributed by atoms with Gasteiger partial charge in [-0.2, -0.15) is 8.42 Å². The number of rotatable bonds is 9. The number of unbranched alkanes of at least 4 members (excludes halogenated alkanes) is 2. The quantitative estimate of drug-likeness (QED) is 0.314. The maximum absolute atomic E-state index is 11.3. The van der Waals surface area contributed by atoms with E-state index in [1.807, 2.05) is 6.92 Å². The van der Waals surface area contributed by atoms with Gasteiger partial charge in [-0.15, -0.1) is 0 Å². The Morgan fingerprint density at radius 1 is 1.21 bits per heavy atom. The SMILES string of the molecule is CCCCCC(CC)(CC)C(C(=O)[O-])S(=O)(=O)O.[Na+]. The summed E-state index contributed by atoms with van der Waals surface area (Å²) in [5.41, 5.74) is -0.943. The minimum atomic E-state index is -4.65. The van der Waals surface area contributed by atoms with Crippen molar-refractivity contribution >= 4 is 16.1 Å². The van der Waals surface area contributed by atoms with Gasteiger partial charge in [-0.3, -0.25) is 4.55 Å². The van der Waals surface area contributed by atoms with E-state index in [2.05, 4.69) is 0 Å². The molecule has 5 nitrogen and oxygen atoms in total. The molecule has 0 aliphatic carbocycles. The van der Waals surface area contributed by atoms with Gasteiger partial charge in [0, 0.05) is 0 Å². The molecule has 1 unspecified atom stereocenters. The van der Waals surface area contributed by atoms with Crippen molar-refractivity contribution < 1.29 is 52.4 Å². The van der Waals surface area contributed by atoms with Gasteiger partial charge in [0.1, 0.15) is 5.25 Å². The molecule has 0 rings (SSSR count). The molecule has 0 aromatic carbocycles. The molecule has 0 amide bonds. The van der Waals surface area contributed by atoms with Gasteiger partial charge in [0.05, 0.1) is 5.97 Å². The van der Waals surface area contributed by atoms with Crippen LogP contribution in [0.1, 0.15) is 59.3 Å². The van der Waals surface area contributed by atoms with Crippen LogP contribution in [-0.4, -0.2) is 24.2 Å². The number of hydrogen-bond donors (Lipinski definition) is 1. The zero-order valence-electron chi connectivity index (χ0n) is 12.3. The molecule has 0 aromatic heterocycles. The first-order chi connectivity index (χ1) is 8.25. The largest absolute Gasteiger partial charge is 1.00 e. The molecule has 0 aliphatic rings. The predicted octanol–water partition coefficient (Wildman–Crippen LogP) is -1.62. The summed E-state index contributed by atoms with van der Waals surface area (Å²) < 4.78 is 31.8. The van der Waals surface area contributed by atoms with E-state index in [1.165, 1.54) is 0 Å². The minimum Gasteiger partial charge on any atom is -0.549 e. The van der Waals surface area contributed by atoms with E-state index in [-0.39, 0.29) is 29.6 Å². The van der Waals surface area contributed by atoms with Crippen molar-refractivity contribution in [3.8, 4) is 0 Å². The first kappa shape index (κ1) is 21.7. The topological polar surface area (TPSA) is 94.5 Å². The number of carbonyl (C=O) groups is 1. The fourth-order valence-electron chi connectivity index (χ4n) is 2.52. The van der Waals surface area contributed by atoms with Crippen LogP contribution in [0, 0.1) is 5.41 Å². The Balaban J connectivity index is 0. The fourth-order valence-corrected chi connectivity index (χ4v) is 3.85. The first-order valence-corrected chi connectivity index (χ1v) is 7.92. The van der Waals surface area contributed by atoms with Gasteiger partial charge >= 0.3 is 29.6 Å². The summed E-state index contributed by atoms with van der Waals surface area (Å²) in [5.74, 6) is -1.71. The smallest absolute Gasteiger partial charge is 0.549 e. The van der Waals surface area contributed by atoms with Gasteiger partial charge in [0.15, 0.2) is 0 Å². The fraction of sp³-hybridized carbons (Fsp3) is 0.917. The summed E-state index contributed by atoms with van der Waals surface area (Å²) in [7, 11) is -4.65. The van der Waals surface area contributed by atoms with E-state index in [1.54, 1.807) is 13.8 Å². The van der Waals surface area contributed by atoms with Crippen molar-refractivity contribution in [2.75, 3.05) is 0 Å². The van der Waals surface area contributed by atoms with Gasteiger partial charge < -0.3 is 9.90 Å². The molecule has 0 spiro atoms. The monoisotopic (exact) mass is 302 g/mol. The molecule has 0 radical (unpaired) electrons. The van der Waals surface area contributed by atoms with Crippen LogP contribution in [-0.2, 0) is 14.9 Å². The van der Waals surface area contributed by atoms with Crippen molar-refractivity contribution in [1.82, 2.24) is 0 Å². The van der Waals surface area contributed by atoms with E-state index in [0.717, 1.165) is 19.3 Å². The Morgan fingerprint density at radius 3 is 1.95 bits per heavy atom. The average Bonchev–Trinajstić information content (AvgIpc) is 2.25. The molecule has 0 saturated carbocycles. The summed E-state index contributed by atoms with van der Waals surface area (Å²) in [4.78, 5) is 11.1. The molecule has 0 heterocycles. The van der Waals surface area contributed by atoms with E-state index in [0.29, 0.717) is 19.3 Å². The zero-order valence-corrected chi connectivity index (χ0v) is 15.1. The van der Waals surface area contributed by atoms with Crippen LogP contribution in [0.15, 0.2) is 0 Å². The minimum absolute atomic E-state index is 0. The summed E-state index contributed by atoms with van der Waals surface area (Å²) in [6.45, 7) is 5.51. The third kappa shape index (κ3) is 6.12. The summed E-state index contributed by atoms with van der Waals surface area (Å²) in [6, 6.07) is 0. The Labute approximate surface area is 138 Å². The van der Waals surface area contributed by atoms with E-state index in [4.69, 9.17) is 4.55 Å². The molecule has 108 valence electrons. The molecule has 1 atom stereocenters. The Hall–Kier alpha value is 0.380. The van der Waals surface area contributed by atoms with Gasteiger partial charge in [-0.25, -0.2) is 0 Å². The third-order valence-electron chi connectivity index (χ3n) is 3.75. The number of hydrogen-bond acceptors (Lipinski definition) is 4. The summed E-state index contributed by atoms with van der Waals surface area (Å²) in [5, 5.41) is 9.26. The van der Waals surface area contributed by atoms with E-state index in [9.17, 15) is 18.3 Å². The number of carboxylic acids is 1. The molecule has 19 heavy (non-hydrogen) atoms. The van der Waals surface area contributed by atoms with Crippen LogP contribution in [0.3, 0.4) is 0 Å². The van der Waals surface area contributed by atoms with Gasteiger partial charge in [-0.05, 0) is 24.7 Å². The van der Waals surface area contributed by atoms with E-state index >= 15 is 0 Å². The summed E-state index contributed by atoms with van der Waals surface area (Å²) in [6.07, 6.45) is 3.85. The number of carbonyl (C=O) groups excluding carboxylic acids is 1. The Kier molecular flexibility index (Phi) is 10.7. The van der Waals surface area contributed by atoms with E-state index < -0.39 is 26.8 Å². The van der Waals surface area contributed by atoms with Crippen LogP contribution in [0.5, 0.6) is 0 Å². The van der Waals surface area contributed by atoms with Crippen LogP contribution in [0.4, 0.5) is 0 Å². The number of aliphatic carboxylic acids is 1. The van der Waals surface area contributed by atoms with Crippen LogP contribution in [0.25, 0.3) is 0 Å². The second kappa shape index (κ2) is 9.34. The maximum Gasteiger partial charge on any atom is 1.00 e. The molecule has 7 heteroatoms. The molecular weight excluding hydrogens is 279 g/mol. The van der Waals surface area contributed by atoms with Crippen molar-refractivity contribution in [1.29, 1.82) is 0 Å². The van der Waals surface area contributed by atoms with Crippen LogP contribution in [0.2, 0.25) is 0 Å². The predicted molar refractivity (Wildman–Crippen MR) is 67.5 cm³/mol. The normalized spacial score (nSPS) is 13.7. The standard InChI is InChI=1S/C12H24O5S.Na/c1-4-7-8-9-12(5-2,6-3)10(11(13)14)18(15,16)17;/h10H,4-9H2,1-3H3,(H,13,14)(H,15,16,17);/q;+1/p-1. The second-order valence-corrected chi connectivity index (χ2v) is 6.24. The van der Waals surface area contributed by atoms with Crippen molar-refractivity contribution in [2.24, 2.45) is 5.41 Å². The van der Waals surface area contributed by atoms with Gasteiger partial charge in [0.25, 0.3) is 10.1 Å². The van der Waals surface area contributed by atoms with Crippen LogP contribution >= 0.6 is 0 Å². The molecular formula is C12H23NaO5S. The zero-order chi connectivity index (χ0) is 14.4. The van der Waals surface area contributed by atoms with Gasteiger partial charge in [-0.1, -0.05) is 40.0 Å². The molecule has 0 bridgehead atoms. The Bertz CT molecular complexity index is 362. The second-order valence-electron chi connectivity index (χ2n) is 4.74. The molecule has 0 fully saturated rings. The first-order valence-electron chi connectivity index (χ1n) is 6.42. The third-order valence-corrected chi connectivity index (χ3v) is 5.04. The van der Waals surface area contributed by atoms with Gasteiger partial charge in [0.2, 0.25) is 0 Å². The molecule has 1 N–H and O–H groups in total. The average molecular weight is 302 g/mol.